The predicted molar refractivity (Wildman–Crippen MR) is 111 cm³/mol. The van der Waals surface area contributed by atoms with Gasteiger partial charge in [0.2, 0.25) is 0 Å². The van der Waals surface area contributed by atoms with Gasteiger partial charge in [-0.05, 0) is 31.5 Å². The van der Waals surface area contributed by atoms with Gasteiger partial charge in [-0.1, -0.05) is 54.4 Å². The minimum atomic E-state index is 0.138. The maximum Gasteiger partial charge on any atom is 0.125 e. The Balaban J connectivity index is 0.000000236. The van der Waals surface area contributed by atoms with Gasteiger partial charge in [0, 0.05) is 28.4 Å². The summed E-state index contributed by atoms with van der Waals surface area (Å²) in [5, 5.41) is 10.7. The largest absolute Gasteiger partial charge is 0.396 e. The third-order valence-electron chi connectivity index (χ3n) is 3.59. The molecule has 2 aromatic carbocycles. The first-order chi connectivity index (χ1) is 12.0. The molecule has 132 valence electrons. The van der Waals surface area contributed by atoms with E-state index in [1.807, 2.05) is 48.5 Å². The Hall–Kier alpha value is -1.33. The molecular weight excluding hydrogens is 370 g/mol. The van der Waals surface area contributed by atoms with E-state index in [-0.39, 0.29) is 6.61 Å². The number of rotatable bonds is 4. The summed E-state index contributed by atoms with van der Waals surface area (Å²) in [5.41, 5.74) is 3.25. The van der Waals surface area contributed by atoms with Crippen LogP contribution >= 0.6 is 35.6 Å². The molecule has 1 heterocycles. The van der Waals surface area contributed by atoms with Crippen molar-refractivity contribution < 1.29 is 5.11 Å². The maximum atomic E-state index is 9.01. The van der Waals surface area contributed by atoms with E-state index in [0.717, 1.165) is 32.6 Å². The fourth-order valence-electron chi connectivity index (χ4n) is 2.26. The Morgan fingerprint density at radius 1 is 1.12 bits per heavy atom. The molecule has 0 radical (unpaired) electrons. The number of aromatic nitrogens is 1. The van der Waals surface area contributed by atoms with Gasteiger partial charge in [-0.15, -0.1) is 24.0 Å². The number of aliphatic hydroxyl groups is 1. The summed E-state index contributed by atoms with van der Waals surface area (Å²) in [5.74, 6) is 0. The zero-order valence-corrected chi connectivity index (χ0v) is 16.8. The highest BCUT2D eigenvalue weighted by Gasteiger charge is 2.12. The van der Waals surface area contributed by atoms with Crippen molar-refractivity contribution in [2.45, 2.75) is 31.6 Å². The molecule has 0 atom stereocenters. The monoisotopic (exact) mass is 391 g/mol. The van der Waals surface area contributed by atoms with E-state index in [1.165, 1.54) is 10.4 Å². The van der Waals surface area contributed by atoms with Crippen LogP contribution in [-0.4, -0.2) is 16.7 Å². The molecule has 3 rings (SSSR count). The number of thiazole rings is 1. The number of hydrogen-bond acceptors (Lipinski definition) is 4. The molecule has 1 aromatic heterocycles. The molecule has 0 amide bonds. The molecule has 0 unspecified atom stereocenters. The summed E-state index contributed by atoms with van der Waals surface area (Å²) in [7, 11) is 0. The highest BCUT2D eigenvalue weighted by Crippen LogP contribution is 2.33. The molecule has 0 bridgehead atoms. The van der Waals surface area contributed by atoms with Gasteiger partial charge in [0.15, 0.2) is 0 Å². The van der Waals surface area contributed by atoms with E-state index < -0.39 is 0 Å². The summed E-state index contributed by atoms with van der Waals surface area (Å²) in [6.07, 6.45) is 1.56. The highest BCUT2D eigenvalue weighted by molar-refractivity contribution is 7.80. The third kappa shape index (κ3) is 5.86. The van der Waals surface area contributed by atoms with E-state index in [1.54, 1.807) is 11.3 Å². The number of halogens is 1. The number of aryl methyl sites for hydroxylation is 2. The lowest BCUT2D eigenvalue weighted by atomic mass is 10.2. The lowest BCUT2D eigenvalue weighted by molar-refractivity contribution is 0.298. The number of benzene rings is 2. The van der Waals surface area contributed by atoms with Crippen molar-refractivity contribution in [3.63, 3.8) is 0 Å². The molecule has 0 spiro atoms. The van der Waals surface area contributed by atoms with Gasteiger partial charge in [-0.25, -0.2) is 4.98 Å². The molecular formula is C20H22ClNOS2. The second-order valence-electron chi connectivity index (χ2n) is 5.53. The van der Waals surface area contributed by atoms with Gasteiger partial charge in [0.05, 0.1) is 10.7 Å². The maximum absolute atomic E-state index is 9.01. The van der Waals surface area contributed by atoms with Crippen LogP contribution in [0.1, 0.15) is 23.1 Å². The Bertz CT molecular complexity index is 779. The van der Waals surface area contributed by atoms with Gasteiger partial charge in [0.1, 0.15) is 5.01 Å². The van der Waals surface area contributed by atoms with Crippen LogP contribution in [0.2, 0.25) is 5.02 Å². The van der Waals surface area contributed by atoms with Crippen LogP contribution in [0.25, 0.3) is 10.6 Å². The van der Waals surface area contributed by atoms with Crippen molar-refractivity contribution in [3.05, 3.63) is 69.7 Å². The van der Waals surface area contributed by atoms with E-state index in [4.69, 9.17) is 16.7 Å². The van der Waals surface area contributed by atoms with E-state index >= 15 is 0 Å². The molecule has 0 aliphatic heterocycles. The molecule has 0 saturated heterocycles. The molecule has 2 nitrogen and oxygen atoms in total. The van der Waals surface area contributed by atoms with Gasteiger partial charge in [0.25, 0.3) is 0 Å². The molecule has 0 fully saturated rings. The average Bonchev–Trinajstić information content (AvgIpc) is 3.02. The van der Waals surface area contributed by atoms with Crippen molar-refractivity contribution >= 4 is 35.6 Å². The Kier molecular flexibility index (Phi) is 7.97. The lowest BCUT2D eigenvalue weighted by Gasteiger charge is -1.98. The van der Waals surface area contributed by atoms with Gasteiger partial charge in [-0.2, -0.15) is 0 Å². The minimum absolute atomic E-state index is 0.138. The van der Waals surface area contributed by atoms with Crippen LogP contribution in [-0.2, 0) is 12.8 Å². The van der Waals surface area contributed by atoms with E-state index in [9.17, 15) is 0 Å². The normalized spacial score (nSPS) is 10.3. The lowest BCUT2D eigenvalue weighted by Crippen LogP contribution is -1.94. The SMILES string of the molecule is CCc1sc(-c2ccccc2Cl)nc1CCO.Cc1ccc(S)cc1. The second kappa shape index (κ2) is 9.97. The number of thiol groups is 1. The molecule has 0 aliphatic rings. The number of aliphatic hydroxyl groups excluding tert-OH is 1. The van der Waals surface area contributed by atoms with Crippen molar-refractivity contribution in [2.75, 3.05) is 6.61 Å². The first-order valence-electron chi connectivity index (χ1n) is 8.15. The summed E-state index contributed by atoms with van der Waals surface area (Å²) in [4.78, 5) is 6.83. The molecule has 5 heteroatoms. The Labute approximate surface area is 163 Å². The topological polar surface area (TPSA) is 33.1 Å². The predicted octanol–water partition coefficient (Wildman–Crippen LogP) is 5.84. The highest BCUT2D eigenvalue weighted by atomic mass is 35.5. The number of nitrogens with zero attached hydrogens (tertiary/aromatic N) is 1. The van der Waals surface area contributed by atoms with Crippen molar-refractivity contribution in [1.82, 2.24) is 4.98 Å². The minimum Gasteiger partial charge on any atom is -0.396 e. The quantitative estimate of drug-likeness (QED) is 0.547. The van der Waals surface area contributed by atoms with Crippen LogP contribution in [0.15, 0.2) is 53.4 Å². The average molecular weight is 392 g/mol. The Morgan fingerprint density at radius 2 is 1.80 bits per heavy atom. The smallest absolute Gasteiger partial charge is 0.125 e. The Morgan fingerprint density at radius 3 is 2.36 bits per heavy atom. The van der Waals surface area contributed by atoms with Crippen LogP contribution in [0.4, 0.5) is 0 Å². The molecule has 0 aliphatic carbocycles. The van der Waals surface area contributed by atoms with Gasteiger partial charge >= 0.3 is 0 Å². The fraction of sp³-hybridized carbons (Fsp3) is 0.250. The third-order valence-corrected chi connectivity index (χ3v) is 5.49. The summed E-state index contributed by atoms with van der Waals surface area (Å²) >= 11 is 11.9. The van der Waals surface area contributed by atoms with Crippen LogP contribution in [0, 0.1) is 6.92 Å². The van der Waals surface area contributed by atoms with Gasteiger partial charge in [-0.3, -0.25) is 0 Å². The van der Waals surface area contributed by atoms with E-state index in [0.29, 0.717) is 6.42 Å². The standard InChI is InChI=1S/C13H14ClNOS.C7H8S/c1-2-12-11(7-8-16)15-13(17-12)9-5-3-4-6-10(9)14;1-6-2-4-7(8)5-3-6/h3-6,16H,2,7-8H2,1H3;2-5,8H,1H3. The molecule has 3 aromatic rings. The number of hydrogen-bond donors (Lipinski definition) is 2. The summed E-state index contributed by atoms with van der Waals surface area (Å²) < 4.78 is 0. The zero-order chi connectivity index (χ0) is 18.2. The van der Waals surface area contributed by atoms with Crippen LogP contribution in [0.3, 0.4) is 0 Å². The molecule has 1 N–H and O–H groups in total. The zero-order valence-electron chi connectivity index (χ0n) is 14.4. The molecule has 0 saturated carbocycles. The second-order valence-corrected chi connectivity index (χ2v) is 7.54. The van der Waals surface area contributed by atoms with Crippen molar-refractivity contribution in [1.29, 1.82) is 0 Å². The van der Waals surface area contributed by atoms with Crippen LogP contribution in [0.5, 0.6) is 0 Å². The summed E-state index contributed by atoms with van der Waals surface area (Å²) in [6.45, 7) is 4.30. The van der Waals surface area contributed by atoms with Crippen molar-refractivity contribution in [3.8, 4) is 10.6 Å². The molecule has 25 heavy (non-hydrogen) atoms. The first kappa shape index (κ1) is 20.0. The van der Waals surface area contributed by atoms with Crippen LogP contribution < -0.4 is 0 Å². The van der Waals surface area contributed by atoms with E-state index in [2.05, 4.69) is 31.5 Å². The van der Waals surface area contributed by atoms with Crippen molar-refractivity contribution in [2.24, 2.45) is 0 Å². The first-order valence-corrected chi connectivity index (χ1v) is 9.79. The fourth-order valence-corrected chi connectivity index (χ4v) is 3.77. The summed E-state index contributed by atoms with van der Waals surface area (Å²) in [6, 6.07) is 15.8. The van der Waals surface area contributed by atoms with Gasteiger partial charge < -0.3 is 5.11 Å².